The zero-order chi connectivity index (χ0) is 16.2. The summed E-state index contributed by atoms with van der Waals surface area (Å²) in [5, 5.41) is 5.94. The van der Waals surface area contributed by atoms with Crippen LogP contribution in [0.15, 0.2) is 66.6 Å². The maximum absolute atomic E-state index is 4.55. The smallest absolute Gasteiger partial charge is 0.188 e. The fourth-order valence-corrected chi connectivity index (χ4v) is 2.87. The zero-order valence-corrected chi connectivity index (χ0v) is 13.3. The standard InChI is InChI=1S/C17H12N6S/c1-2-6-18-13(4-1)14-11-24-17(22-14)23-15-10-12(5-9-19-15)16-20-7-3-8-21-16/h1-11H,(H,19,22,23). The van der Waals surface area contributed by atoms with Gasteiger partial charge in [0.1, 0.15) is 11.5 Å². The molecule has 4 aromatic heterocycles. The van der Waals surface area contributed by atoms with Crippen LogP contribution in [0, 0.1) is 0 Å². The monoisotopic (exact) mass is 332 g/mol. The molecule has 116 valence electrons. The van der Waals surface area contributed by atoms with Crippen molar-refractivity contribution < 1.29 is 0 Å². The van der Waals surface area contributed by atoms with Gasteiger partial charge in [-0.05, 0) is 30.3 Å². The van der Waals surface area contributed by atoms with Crippen LogP contribution in [0.3, 0.4) is 0 Å². The predicted molar refractivity (Wildman–Crippen MR) is 93.9 cm³/mol. The summed E-state index contributed by atoms with van der Waals surface area (Å²) < 4.78 is 0. The Morgan fingerprint density at radius 1 is 0.792 bits per heavy atom. The first-order valence-corrected chi connectivity index (χ1v) is 8.14. The van der Waals surface area contributed by atoms with Crippen molar-refractivity contribution in [1.82, 2.24) is 24.9 Å². The molecule has 0 radical (unpaired) electrons. The molecule has 24 heavy (non-hydrogen) atoms. The Morgan fingerprint density at radius 2 is 1.67 bits per heavy atom. The van der Waals surface area contributed by atoms with Gasteiger partial charge in [0.2, 0.25) is 0 Å². The lowest BCUT2D eigenvalue weighted by Crippen LogP contribution is -1.95. The average molecular weight is 332 g/mol. The summed E-state index contributed by atoms with van der Waals surface area (Å²) in [5.74, 6) is 1.36. The van der Waals surface area contributed by atoms with Gasteiger partial charge in [0.25, 0.3) is 0 Å². The van der Waals surface area contributed by atoms with Crippen molar-refractivity contribution in [2.45, 2.75) is 0 Å². The molecule has 0 atom stereocenters. The number of hydrogen-bond acceptors (Lipinski definition) is 7. The Labute approximate surface area is 142 Å². The number of hydrogen-bond donors (Lipinski definition) is 1. The molecule has 4 heterocycles. The van der Waals surface area contributed by atoms with E-state index in [4.69, 9.17) is 0 Å². The maximum Gasteiger partial charge on any atom is 0.188 e. The molecule has 0 amide bonds. The highest BCUT2D eigenvalue weighted by molar-refractivity contribution is 7.14. The van der Waals surface area contributed by atoms with Gasteiger partial charge < -0.3 is 5.32 Å². The van der Waals surface area contributed by atoms with Crippen LogP contribution in [0.25, 0.3) is 22.8 Å². The number of thiazole rings is 1. The number of nitrogens with zero attached hydrogens (tertiary/aromatic N) is 5. The van der Waals surface area contributed by atoms with E-state index in [0.717, 1.165) is 22.1 Å². The first kappa shape index (κ1) is 14.4. The zero-order valence-electron chi connectivity index (χ0n) is 12.5. The van der Waals surface area contributed by atoms with Crippen molar-refractivity contribution in [3.63, 3.8) is 0 Å². The summed E-state index contributed by atoms with van der Waals surface area (Å²) in [6.45, 7) is 0. The van der Waals surface area contributed by atoms with Crippen molar-refractivity contribution in [3.8, 4) is 22.8 Å². The molecule has 0 aromatic carbocycles. The molecule has 7 heteroatoms. The average Bonchev–Trinajstić information content (AvgIpc) is 3.12. The first-order chi connectivity index (χ1) is 11.9. The summed E-state index contributed by atoms with van der Waals surface area (Å²) >= 11 is 1.51. The minimum Gasteiger partial charge on any atom is -0.316 e. The Morgan fingerprint density at radius 3 is 2.50 bits per heavy atom. The molecule has 0 aliphatic carbocycles. The highest BCUT2D eigenvalue weighted by Crippen LogP contribution is 2.26. The van der Waals surface area contributed by atoms with Gasteiger partial charge in [-0.15, -0.1) is 11.3 Å². The lowest BCUT2D eigenvalue weighted by molar-refractivity contribution is 1.17. The summed E-state index contributed by atoms with van der Waals surface area (Å²) in [5.41, 5.74) is 2.58. The quantitative estimate of drug-likeness (QED) is 0.612. The second kappa shape index (κ2) is 6.51. The van der Waals surface area contributed by atoms with Gasteiger partial charge in [0, 0.05) is 35.7 Å². The van der Waals surface area contributed by atoms with Crippen molar-refractivity contribution >= 4 is 22.3 Å². The molecule has 0 fully saturated rings. The third-order valence-electron chi connectivity index (χ3n) is 3.25. The molecule has 0 unspecified atom stereocenters. The van der Waals surface area contributed by atoms with E-state index in [1.165, 1.54) is 11.3 Å². The fraction of sp³-hybridized carbons (Fsp3) is 0. The first-order valence-electron chi connectivity index (χ1n) is 7.26. The minimum atomic E-state index is 0.663. The fourth-order valence-electron chi connectivity index (χ4n) is 2.16. The van der Waals surface area contributed by atoms with Crippen molar-refractivity contribution in [2.24, 2.45) is 0 Å². The Balaban J connectivity index is 1.57. The topological polar surface area (TPSA) is 76.5 Å². The molecule has 0 aliphatic rings. The summed E-state index contributed by atoms with van der Waals surface area (Å²) in [6.07, 6.45) is 6.92. The molecule has 6 nitrogen and oxygen atoms in total. The number of pyridine rings is 2. The van der Waals surface area contributed by atoms with Crippen molar-refractivity contribution in [1.29, 1.82) is 0 Å². The van der Waals surface area contributed by atoms with E-state index in [1.807, 2.05) is 35.7 Å². The second-order valence-corrected chi connectivity index (χ2v) is 5.74. The summed E-state index contributed by atoms with van der Waals surface area (Å²) in [4.78, 5) is 21.7. The lowest BCUT2D eigenvalue weighted by Gasteiger charge is -2.04. The van der Waals surface area contributed by atoms with Gasteiger partial charge in [-0.3, -0.25) is 4.98 Å². The molecule has 0 saturated heterocycles. The highest BCUT2D eigenvalue weighted by Gasteiger charge is 2.07. The number of rotatable bonds is 4. The van der Waals surface area contributed by atoms with E-state index >= 15 is 0 Å². The van der Waals surface area contributed by atoms with Crippen LogP contribution in [0.5, 0.6) is 0 Å². The van der Waals surface area contributed by atoms with Crippen LogP contribution in [-0.4, -0.2) is 24.9 Å². The molecule has 0 bridgehead atoms. The van der Waals surface area contributed by atoms with Gasteiger partial charge in [0.05, 0.1) is 5.69 Å². The lowest BCUT2D eigenvalue weighted by atomic mass is 10.2. The van der Waals surface area contributed by atoms with E-state index in [1.54, 1.807) is 30.9 Å². The maximum atomic E-state index is 4.55. The van der Waals surface area contributed by atoms with E-state index < -0.39 is 0 Å². The SMILES string of the molecule is c1ccc(-c2csc(Nc3cc(-c4ncccn4)ccn3)n2)nc1. The Bertz CT molecular complexity index is 939. The number of nitrogens with one attached hydrogen (secondary N) is 1. The molecular formula is C17H12N6S. The largest absolute Gasteiger partial charge is 0.316 e. The van der Waals surface area contributed by atoms with Gasteiger partial charge >= 0.3 is 0 Å². The summed E-state index contributed by atoms with van der Waals surface area (Å²) in [7, 11) is 0. The van der Waals surface area contributed by atoms with Gasteiger partial charge in [-0.25, -0.2) is 19.9 Å². The molecular weight excluding hydrogens is 320 g/mol. The molecule has 0 aliphatic heterocycles. The minimum absolute atomic E-state index is 0.663. The van der Waals surface area contributed by atoms with E-state index in [2.05, 4.69) is 30.2 Å². The van der Waals surface area contributed by atoms with E-state index in [-0.39, 0.29) is 0 Å². The second-order valence-electron chi connectivity index (χ2n) is 4.88. The summed E-state index contributed by atoms with van der Waals surface area (Å²) in [6, 6.07) is 11.3. The van der Waals surface area contributed by atoms with Crippen LogP contribution >= 0.6 is 11.3 Å². The van der Waals surface area contributed by atoms with Gasteiger partial charge in [-0.2, -0.15) is 0 Å². The van der Waals surface area contributed by atoms with Crippen LogP contribution in [0.2, 0.25) is 0 Å². The van der Waals surface area contributed by atoms with Crippen molar-refractivity contribution in [3.05, 3.63) is 66.6 Å². The molecule has 1 N–H and O–H groups in total. The number of anilines is 2. The van der Waals surface area contributed by atoms with Crippen LogP contribution in [-0.2, 0) is 0 Å². The number of aromatic nitrogens is 5. The third kappa shape index (κ3) is 3.11. The van der Waals surface area contributed by atoms with Crippen LogP contribution in [0.1, 0.15) is 0 Å². The van der Waals surface area contributed by atoms with Crippen LogP contribution in [0.4, 0.5) is 10.9 Å². The van der Waals surface area contributed by atoms with Crippen molar-refractivity contribution in [2.75, 3.05) is 5.32 Å². The predicted octanol–water partition coefficient (Wildman–Crippen LogP) is 3.80. The van der Waals surface area contributed by atoms with Gasteiger partial charge in [0.15, 0.2) is 11.0 Å². The van der Waals surface area contributed by atoms with E-state index in [9.17, 15) is 0 Å². The Kier molecular flexibility index (Phi) is 3.91. The highest BCUT2D eigenvalue weighted by atomic mass is 32.1. The normalized spacial score (nSPS) is 10.5. The molecule has 0 spiro atoms. The Hall–Kier alpha value is -3.19. The van der Waals surface area contributed by atoms with Crippen LogP contribution < -0.4 is 5.32 Å². The third-order valence-corrected chi connectivity index (χ3v) is 4.01. The van der Waals surface area contributed by atoms with Gasteiger partial charge in [-0.1, -0.05) is 6.07 Å². The molecule has 0 saturated carbocycles. The molecule has 4 rings (SSSR count). The van der Waals surface area contributed by atoms with E-state index in [0.29, 0.717) is 11.6 Å². The molecule has 4 aromatic rings.